The number of carboxylic acids is 1. The lowest BCUT2D eigenvalue weighted by atomic mass is 10.1. The minimum absolute atomic E-state index is 0.101. The topological polar surface area (TPSA) is 76.1 Å². The van der Waals surface area contributed by atoms with Crippen molar-refractivity contribution < 1.29 is 24.2 Å². The SMILES string of the molecule is O=C(O)C1CCN(C(=O)COc2ccc(OCc3ccccc3)cc2)C1. The molecule has 0 bridgehead atoms. The summed E-state index contributed by atoms with van der Waals surface area (Å²) in [4.78, 5) is 24.6. The van der Waals surface area contributed by atoms with Gasteiger partial charge in [-0.1, -0.05) is 30.3 Å². The number of amides is 1. The van der Waals surface area contributed by atoms with Crippen LogP contribution in [0.15, 0.2) is 54.6 Å². The zero-order valence-corrected chi connectivity index (χ0v) is 14.3. The Morgan fingerprint density at radius 2 is 1.65 bits per heavy atom. The van der Waals surface area contributed by atoms with Crippen LogP contribution >= 0.6 is 0 Å². The maximum Gasteiger partial charge on any atom is 0.308 e. The summed E-state index contributed by atoms with van der Waals surface area (Å²) in [5.41, 5.74) is 1.09. The monoisotopic (exact) mass is 355 g/mol. The normalized spacial score (nSPS) is 16.3. The van der Waals surface area contributed by atoms with Crippen LogP contribution in [0, 0.1) is 5.92 Å². The van der Waals surface area contributed by atoms with Crippen LogP contribution in [0.3, 0.4) is 0 Å². The summed E-state index contributed by atoms with van der Waals surface area (Å²) in [6.45, 7) is 1.10. The van der Waals surface area contributed by atoms with Gasteiger partial charge in [0.1, 0.15) is 18.1 Å². The van der Waals surface area contributed by atoms with Crippen LogP contribution in [0.4, 0.5) is 0 Å². The maximum absolute atomic E-state index is 12.1. The van der Waals surface area contributed by atoms with E-state index in [-0.39, 0.29) is 19.1 Å². The van der Waals surface area contributed by atoms with Gasteiger partial charge in [0.2, 0.25) is 0 Å². The van der Waals surface area contributed by atoms with Crippen molar-refractivity contribution in [2.45, 2.75) is 13.0 Å². The fraction of sp³-hybridized carbons (Fsp3) is 0.300. The van der Waals surface area contributed by atoms with Crippen molar-refractivity contribution in [3.05, 3.63) is 60.2 Å². The molecule has 26 heavy (non-hydrogen) atoms. The van der Waals surface area contributed by atoms with Gasteiger partial charge in [-0.2, -0.15) is 0 Å². The molecule has 1 amide bonds. The molecule has 1 fully saturated rings. The summed E-state index contributed by atoms with van der Waals surface area (Å²) in [6.07, 6.45) is 0.495. The smallest absolute Gasteiger partial charge is 0.308 e. The van der Waals surface area contributed by atoms with Gasteiger partial charge >= 0.3 is 5.97 Å². The highest BCUT2D eigenvalue weighted by Gasteiger charge is 2.30. The third-order valence-electron chi connectivity index (χ3n) is 4.32. The molecule has 1 heterocycles. The molecule has 1 saturated heterocycles. The lowest BCUT2D eigenvalue weighted by Gasteiger charge is -2.16. The summed E-state index contributed by atoms with van der Waals surface area (Å²) in [5, 5.41) is 8.98. The summed E-state index contributed by atoms with van der Waals surface area (Å²) in [7, 11) is 0. The van der Waals surface area contributed by atoms with Gasteiger partial charge in [-0.3, -0.25) is 9.59 Å². The number of benzene rings is 2. The number of rotatable bonds is 7. The van der Waals surface area contributed by atoms with Crippen LogP contribution < -0.4 is 9.47 Å². The Kier molecular flexibility index (Phi) is 5.73. The molecule has 0 saturated carbocycles. The van der Waals surface area contributed by atoms with Gasteiger partial charge in [0.15, 0.2) is 6.61 Å². The van der Waals surface area contributed by atoms with E-state index in [0.29, 0.717) is 25.3 Å². The second kappa shape index (κ2) is 8.38. The first-order chi connectivity index (χ1) is 12.6. The standard InChI is InChI=1S/C20H21NO5/c22-19(21-11-10-16(12-21)20(23)24)14-26-18-8-6-17(7-9-18)25-13-15-4-2-1-3-5-15/h1-9,16H,10-14H2,(H,23,24). The van der Waals surface area contributed by atoms with E-state index in [1.54, 1.807) is 24.3 Å². The van der Waals surface area contributed by atoms with Gasteiger partial charge in [0, 0.05) is 13.1 Å². The van der Waals surface area contributed by atoms with Crippen molar-refractivity contribution in [3.8, 4) is 11.5 Å². The van der Waals surface area contributed by atoms with Crippen molar-refractivity contribution in [1.82, 2.24) is 4.90 Å². The van der Waals surface area contributed by atoms with E-state index in [0.717, 1.165) is 11.3 Å². The minimum atomic E-state index is -0.854. The number of carbonyl (C=O) groups excluding carboxylic acids is 1. The van der Waals surface area contributed by atoms with Gasteiger partial charge in [-0.15, -0.1) is 0 Å². The predicted octanol–water partition coefficient (Wildman–Crippen LogP) is 2.58. The molecule has 136 valence electrons. The zero-order chi connectivity index (χ0) is 18.4. The average molecular weight is 355 g/mol. The fourth-order valence-corrected chi connectivity index (χ4v) is 2.80. The van der Waals surface area contributed by atoms with E-state index >= 15 is 0 Å². The van der Waals surface area contributed by atoms with Gasteiger partial charge in [0.05, 0.1) is 5.92 Å². The van der Waals surface area contributed by atoms with E-state index in [4.69, 9.17) is 14.6 Å². The molecule has 0 aliphatic carbocycles. The molecule has 0 radical (unpaired) electrons. The van der Waals surface area contributed by atoms with Gasteiger partial charge in [-0.25, -0.2) is 0 Å². The number of likely N-dealkylation sites (tertiary alicyclic amines) is 1. The molecule has 6 nitrogen and oxygen atoms in total. The van der Waals surface area contributed by atoms with Crippen LogP contribution in [0.1, 0.15) is 12.0 Å². The van der Waals surface area contributed by atoms with Gasteiger partial charge < -0.3 is 19.5 Å². The second-order valence-corrected chi connectivity index (χ2v) is 6.20. The molecule has 0 spiro atoms. The number of nitrogens with zero attached hydrogens (tertiary/aromatic N) is 1. The highest BCUT2D eigenvalue weighted by atomic mass is 16.5. The molecule has 2 aromatic rings. The van der Waals surface area contributed by atoms with Crippen molar-refractivity contribution in [1.29, 1.82) is 0 Å². The lowest BCUT2D eigenvalue weighted by Crippen LogP contribution is -2.33. The number of aliphatic carboxylic acids is 1. The number of hydrogen-bond acceptors (Lipinski definition) is 4. The molecule has 1 N–H and O–H groups in total. The number of carboxylic acid groups (broad SMARTS) is 1. The maximum atomic E-state index is 12.1. The fourth-order valence-electron chi connectivity index (χ4n) is 2.80. The summed E-state index contributed by atoms with van der Waals surface area (Å²) in [6, 6.07) is 17.0. The summed E-state index contributed by atoms with van der Waals surface area (Å²) < 4.78 is 11.2. The van der Waals surface area contributed by atoms with Crippen LogP contribution in [-0.2, 0) is 16.2 Å². The first-order valence-corrected chi connectivity index (χ1v) is 8.52. The third-order valence-corrected chi connectivity index (χ3v) is 4.32. The second-order valence-electron chi connectivity index (χ2n) is 6.20. The quantitative estimate of drug-likeness (QED) is 0.826. The Hall–Kier alpha value is -3.02. The van der Waals surface area contributed by atoms with Crippen molar-refractivity contribution in [3.63, 3.8) is 0 Å². The van der Waals surface area contributed by atoms with Crippen LogP contribution in [0.25, 0.3) is 0 Å². The molecule has 3 rings (SSSR count). The molecular weight excluding hydrogens is 334 g/mol. The Bertz CT molecular complexity index is 745. The van der Waals surface area contributed by atoms with E-state index in [9.17, 15) is 9.59 Å². The molecule has 6 heteroatoms. The van der Waals surface area contributed by atoms with Crippen molar-refractivity contribution in [2.75, 3.05) is 19.7 Å². The molecule has 1 atom stereocenters. The number of carbonyl (C=O) groups is 2. The van der Waals surface area contributed by atoms with Gasteiger partial charge in [-0.05, 0) is 36.2 Å². The third kappa shape index (κ3) is 4.75. The minimum Gasteiger partial charge on any atom is -0.489 e. The Morgan fingerprint density at radius 1 is 1.00 bits per heavy atom. The average Bonchev–Trinajstić information content (AvgIpc) is 3.17. The molecule has 0 aromatic heterocycles. The molecular formula is C20H21NO5. The molecule has 1 aliphatic rings. The highest BCUT2D eigenvalue weighted by Crippen LogP contribution is 2.20. The van der Waals surface area contributed by atoms with Gasteiger partial charge in [0.25, 0.3) is 5.91 Å². The van der Waals surface area contributed by atoms with E-state index in [1.807, 2.05) is 30.3 Å². The van der Waals surface area contributed by atoms with E-state index in [2.05, 4.69) is 0 Å². The number of hydrogen-bond donors (Lipinski definition) is 1. The van der Waals surface area contributed by atoms with Crippen LogP contribution in [-0.4, -0.2) is 41.6 Å². The Morgan fingerprint density at radius 3 is 2.27 bits per heavy atom. The van der Waals surface area contributed by atoms with E-state index < -0.39 is 11.9 Å². The predicted molar refractivity (Wildman–Crippen MR) is 95.0 cm³/mol. The summed E-state index contributed by atoms with van der Waals surface area (Å²) >= 11 is 0. The zero-order valence-electron chi connectivity index (χ0n) is 14.3. The molecule has 1 unspecified atom stereocenters. The summed E-state index contributed by atoms with van der Waals surface area (Å²) in [5.74, 6) is -0.235. The Labute approximate surface area is 152 Å². The first kappa shape index (κ1) is 17.8. The Balaban J connectivity index is 1.44. The van der Waals surface area contributed by atoms with Crippen molar-refractivity contribution in [2.24, 2.45) is 5.92 Å². The molecule has 2 aromatic carbocycles. The van der Waals surface area contributed by atoms with Crippen LogP contribution in [0.2, 0.25) is 0 Å². The largest absolute Gasteiger partial charge is 0.489 e. The number of ether oxygens (including phenoxy) is 2. The van der Waals surface area contributed by atoms with E-state index in [1.165, 1.54) is 4.90 Å². The highest BCUT2D eigenvalue weighted by molar-refractivity contribution is 5.80. The lowest BCUT2D eigenvalue weighted by molar-refractivity contribution is -0.141. The molecule has 1 aliphatic heterocycles. The first-order valence-electron chi connectivity index (χ1n) is 8.52. The van der Waals surface area contributed by atoms with Crippen LogP contribution in [0.5, 0.6) is 11.5 Å². The van der Waals surface area contributed by atoms with Crippen molar-refractivity contribution >= 4 is 11.9 Å².